The van der Waals surface area contributed by atoms with Gasteiger partial charge in [0.15, 0.2) is 0 Å². The lowest BCUT2D eigenvalue weighted by atomic mass is 10.0. The molecule has 3 nitrogen and oxygen atoms in total. The summed E-state index contributed by atoms with van der Waals surface area (Å²) < 4.78 is 13.0. The average Bonchev–Trinajstić information content (AvgIpc) is 2.09. The number of carboxylic acid groups (broad SMARTS) is 1. The molecule has 0 radical (unpaired) electrons. The normalized spacial score (nSPS) is 9.50. The van der Waals surface area contributed by atoms with Crippen molar-refractivity contribution in [3.63, 3.8) is 0 Å². The van der Waals surface area contributed by atoms with Crippen molar-refractivity contribution in [2.24, 2.45) is 0 Å². The van der Waals surface area contributed by atoms with E-state index in [-0.39, 0.29) is 12.0 Å². The van der Waals surface area contributed by atoms with Gasteiger partial charge in [-0.3, -0.25) is 4.79 Å². The van der Waals surface area contributed by atoms with E-state index in [9.17, 15) is 9.18 Å². The number of aryl methyl sites for hydroxylation is 1. The van der Waals surface area contributed by atoms with Gasteiger partial charge in [0.25, 0.3) is 0 Å². The highest BCUT2D eigenvalue weighted by Crippen LogP contribution is 2.15. The van der Waals surface area contributed by atoms with Crippen molar-refractivity contribution in [3.05, 3.63) is 34.6 Å². The number of nitrogens with zero attached hydrogens (tertiary/aromatic N) is 1. The van der Waals surface area contributed by atoms with Gasteiger partial charge in [-0.15, -0.1) is 0 Å². The summed E-state index contributed by atoms with van der Waals surface area (Å²) in [6.45, 7) is 1.61. The number of benzene rings is 1. The van der Waals surface area contributed by atoms with E-state index in [2.05, 4.69) is 0 Å². The number of nitriles is 1. The topological polar surface area (TPSA) is 61.1 Å². The fourth-order valence-electron chi connectivity index (χ4n) is 1.16. The van der Waals surface area contributed by atoms with Gasteiger partial charge in [0.2, 0.25) is 0 Å². The summed E-state index contributed by atoms with van der Waals surface area (Å²) in [5.41, 5.74) is 0.895. The van der Waals surface area contributed by atoms with Crippen molar-refractivity contribution in [3.8, 4) is 6.07 Å². The number of carbonyl (C=O) groups is 1. The summed E-state index contributed by atoms with van der Waals surface area (Å²) in [5, 5.41) is 17.1. The van der Waals surface area contributed by atoms with Gasteiger partial charge in [-0.05, 0) is 30.2 Å². The fraction of sp³-hybridized carbons (Fsp3) is 0.200. The first-order valence-corrected chi connectivity index (χ1v) is 3.95. The maximum Gasteiger partial charge on any atom is 0.307 e. The fourth-order valence-corrected chi connectivity index (χ4v) is 1.16. The van der Waals surface area contributed by atoms with Gasteiger partial charge < -0.3 is 5.11 Å². The van der Waals surface area contributed by atoms with Crippen LogP contribution < -0.4 is 0 Å². The average molecular weight is 193 g/mol. The van der Waals surface area contributed by atoms with Crippen LogP contribution >= 0.6 is 0 Å². The van der Waals surface area contributed by atoms with Crippen LogP contribution in [-0.4, -0.2) is 11.1 Å². The van der Waals surface area contributed by atoms with Crippen LogP contribution in [0.25, 0.3) is 0 Å². The lowest BCUT2D eigenvalue weighted by molar-refractivity contribution is -0.136. The van der Waals surface area contributed by atoms with Crippen molar-refractivity contribution in [2.75, 3.05) is 0 Å². The molecule has 0 bridgehead atoms. The minimum Gasteiger partial charge on any atom is -0.481 e. The lowest BCUT2D eigenvalue weighted by Crippen LogP contribution is -2.03. The molecule has 0 amide bonds. The Hall–Kier alpha value is -1.89. The molecule has 0 aliphatic carbocycles. The summed E-state index contributed by atoms with van der Waals surface area (Å²) in [6, 6.07) is 4.12. The molecule has 0 aromatic heterocycles. The molecule has 1 rings (SSSR count). The molecule has 4 heteroatoms. The molecule has 0 fully saturated rings. The monoisotopic (exact) mass is 193 g/mol. The van der Waals surface area contributed by atoms with Crippen LogP contribution in [0.4, 0.5) is 4.39 Å². The van der Waals surface area contributed by atoms with E-state index in [0.717, 1.165) is 0 Å². The Morgan fingerprint density at radius 3 is 2.79 bits per heavy atom. The lowest BCUT2D eigenvalue weighted by Gasteiger charge is -2.03. The van der Waals surface area contributed by atoms with Crippen LogP contribution in [-0.2, 0) is 11.2 Å². The van der Waals surface area contributed by atoms with Gasteiger partial charge >= 0.3 is 5.97 Å². The minimum atomic E-state index is -0.997. The van der Waals surface area contributed by atoms with E-state index in [1.165, 1.54) is 12.1 Å². The van der Waals surface area contributed by atoms with E-state index < -0.39 is 11.8 Å². The predicted molar refractivity (Wildman–Crippen MR) is 47.2 cm³/mol. The van der Waals surface area contributed by atoms with Crippen molar-refractivity contribution in [1.82, 2.24) is 0 Å². The van der Waals surface area contributed by atoms with Gasteiger partial charge in [0, 0.05) is 0 Å². The third-order valence-electron chi connectivity index (χ3n) is 1.89. The number of rotatable bonds is 2. The van der Waals surface area contributed by atoms with E-state index >= 15 is 0 Å². The smallest absolute Gasteiger partial charge is 0.307 e. The second-order valence-corrected chi connectivity index (χ2v) is 2.94. The Balaban J connectivity index is 3.19. The van der Waals surface area contributed by atoms with Crippen molar-refractivity contribution in [1.29, 1.82) is 5.26 Å². The SMILES string of the molecule is Cc1cc(F)c(C#N)cc1CC(=O)O. The molecular weight excluding hydrogens is 185 g/mol. The minimum absolute atomic E-state index is 0.119. The Kier molecular flexibility index (Phi) is 2.82. The number of carboxylic acids is 1. The molecule has 72 valence electrons. The van der Waals surface area contributed by atoms with Crippen molar-refractivity contribution < 1.29 is 14.3 Å². The molecule has 0 aliphatic rings. The van der Waals surface area contributed by atoms with E-state index in [1.54, 1.807) is 13.0 Å². The van der Waals surface area contributed by atoms with Gasteiger partial charge in [-0.1, -0.05) is 0 Å². The number of hydrogen-bond acceptors (Lipinski definition) is 2. The Morgan fingerprint density at radius 1 is 1.64 bits per heavy atom. The number of halogens is 1. The summed E-state index contributed by atoms with van der Waals surface area (Å²) >= 11 is 0. The van der Waals surface area contributed by atoms with Gasteiger partial charge in [0.1, 0.15) is 11.9 Å². The van der Waals surface area contributed by atoms with Crippen LogP contribution in [0.3, 0.4) is 0 Å². The van der Waals surface area contributed by atoms with Crippen LogP contribution in [0.2, 0.25) is 0 Å². The second-order valence-electron chi connectivity index (χ2n) is 2.94. The molecule has 0 atom stereocenters. The summed E-state index contributed by atoms with van der Waals surface area (Å²) in [5.74, 6) is -1.61. The van der Waals surface area contributed by atoms with Crippen LogP contribution in [0.15, 0.2) is 12.1 Å². The van der Waals surface area contributed by atoms with Crippen molar-refractivity contribution in [2.45, 2.75) is 13.3 Å². The first kappa shape index (κ1) is 10.2. The molecule has 0 saturated heterocycles. The highest BCUT2D eigenvalue weighted by molar-refractivity contribution is 5.71. The Morgan fingerprint density at radius 2 is 2.29 bits per heavy atom. The molecule has 0 aliphatic heterocycles. The largest absolute Gasteiger partial charge is 0.481 e. The van der Waals surface area contributed by atoms with Crippen LogP contribution in [0.1, 0.15) is 16.7 Å². The zero-order chi connectivity index (χ0) is 10.7. The molecule has 1 aromatic carbocycles. The maximum absolute atomic E-state index is 13.0. The number of aliphatic carboxylic acids is 1. The summed E-state index contributed by atoms with van der Waals surface area (Å²) in [4.78, 5) is 10.4. The van der Waals surface area contributed by atoms with Gasteiger partial charge in [0.05, 0.1) is 12.0 Å². The van der Waals surface area contributed by atoms with Crippen molar-refractivity contribution >= 4 is 5.97 Å². The van der Waals surface area contributed by atoms with E-state index in [1.807, 2.05) is 0 Å². The molecule has 14 heavy (non-hydrogen) atoms. The molecule has 0 saturated carbocycles. The third-order valence-corrected chi connectivity index (χ3v) is 1.89. The van der Waals surface area contributed by atoms with Crippen LogP contribution in [0.5, 0.6) is 0 Å². The Labute approximate surface area is 80.4 Å². The first-order valence-electron chi connectivity index (χ1n) is 3.95. The molecule has 1 N–H and O–H groups in total. The quantitative estimate of drug-likeness (QED) is 0.776. The first-order chi connectivity index (χ1) is 6.54. The molecule has 0 spiro atoms. The van der Waals surface area contributed by atoms with Gasteiger partial charge in [-0.2, -0.15) is 5.26 Å². The standard InChI is InChI=1S/C10H8FNO2/c1-6-2-9(11)8(5-12)3-7(6)4-10(13)14/h2-3H,4H2,1H3,(H,13,14). The van der Waals surface area contributed by atoms with E-state index in [4.69, 9.17) is 10.4 Å². The highest BCUT2D eigenvalue weighted by Gasteiger charge is 2.09. The Bertz CT molecular complexity index is 421. The second kappa shape index (κ2) is 3.88. The summed E-state index contributed by atoms with van der Waals surface area (Å²) in [7, 11) is 0. The molecule has 0 heterocycles. The maximum atomic E-state index is 13.0. The zero-order valence-corrected chi connectivity index (χ0v) is 7.54. The molecule has 1 aromatic rings. The zero-order valence-electron chi connectivity index (χ0n) is 7.54. The number of hydrogen-bond donors (Lipinski definition) is 1. The van der Waals surface area contributed by atoms with Crippen LogP contribution in [0, 0.1) is 24.1 Å². The molecule has 0 unspecified atom stereocenters. The van der Waals surface area contributed by atoms with Gasteiger partial charge in [-0.25, -0.2) is 4.39 Å². The van der Waals surface area contributed by atoms with E-state index in [0.29, 0.717) is 11.1 Å². The summed E-state index contributed by atoms with van der Waals surface area (Å²) in [6.07, 6.45) is -0.194. The molecular formula is C10H8FNO2. The predicted octanol–water partition coefficient (Wildman–Crippen LogP) is 1.63. The highest BCUT2D eigenvalue weighted by atomic mass is 19.1. The third kappa shape index (κ3) is 2.07.